The number of benzene rings is 1. The van der Waals surface area contributed by atoms with Crippen molar-refractivity contribution >= 4 is 17.5 Å². The van der Waals surface area contributed by atoms with Crippen LogP contribution < -0.4 is 0 Å². The average molecular weight is 362 g/mol. The standard InChI is InChI=1S/C19H24ClN3O2/c1-13-17(20)18(22(2)21-13)19(25)23-11-4-3-7-15(23)10-9-14-6-5-8-16(24)12-14/h5-6,8,12,15,24H,3-4,7,9-11H2,1-2H3. The summed E-state index contributed by atoms with van der Waals surface area (Å²) in [6.07, 6.45) is 4.86. The Bertz CT molecular complexity index is 772. The van der Waals surface area contributed by atoms with Gasteiger partial charge in [-0.3, -0.25) is 9.48 Å². The molecule has 5 nitrogen and oxygen atoms in total. The minimum atomic E-state index is -0.0336. The molecular weight excluding hydrogens is 338 g/mol. The van der Waals surface area contributed by atoms with Gasteiger partial charge in [-0.15, -0.1) is 0 Å². The number of halogens is 1. The molecular formula is C19H24ClN3O2. The van der Waals surface area contributed by atoms with E-state index in [1.807, 2.05) is 24.0 Å². The van der Waals surface area contributed by atoms with Crippen LogP contribution in [0.3, 0.4) is 0 Å². The number of hydrogen-bond donors (Lipinski definition) is 1. The van der Waals surface area contributed by atoms with Crippen molar-refractivity contribution in [2.45, 2.75) is 45.1 Å². The second-order valence-electron chi connectivity index (χ2n) is 6.73. The Labute approximate surface area is 153 Å². The lowest BCUT2D eigenvalue weighted by Crippen LogP contribution is -2.44. The van der Waals surface area contributed by atoms with Crippen LogP contribution in [0.4, 0.5) is 0 Å². The smallest absolute Gasteiger partial charge is 0.273 e. The lowest BCUT2D eigenvalue weighted by molar-refractivity contribution is 0.0590. The normalized spacial score (nSPS) is 17.7. The second-order valence-corrected chi connectivity index (χ2v) is 7.11. The molecule has 0 saturated carbocycles. The summed E-state index contributed by atoms with van der Waals surface area (Å²) in [6, 6.07) is 7.51. The van der Waals surface area contributed by atoms with Gasteiger partial charge in [-0.05, 0) is 56.7 Å². The van der Waals surface area contributed by atoms with Crippen LogP contribution in [0.5, 0.6) is 5.75 Å². The molecule has 0 radical (unpaired) electrons. The van der Waals surface area contributed by atoms with Crippen molar-refractivity contribution in [1.29, 1.82) is 0 Å². The van der Waals surface area contributed by atoms with Crippen molar-refractivity contribution in [1.82, 2.24) is 14.7 Å². The first kappa shape index (κ1) is 17.8. The first-order chi connectivity index (χ1) is 12.0. The molecule has 1 N–H and O–H groups in total. The number of aromatic nitrogens is 2. The van der Waals surface area contributed by atoms with Gasteiger partial charge in [0.15, 0.2) is 0 Å². The number of amides is 1. The van der Waals surface area contributed by atoms with Gasteiger partial charge in [0, 0.05) is 19.6 Å². The van der Waals surface area contributed by atoms with E-state index in [0.29, 0.717) is 16.4 Å². The SMILES string of the molecule is Cc1nn(C)c(C(=O)N2CCCCC2CCc2cccc(O)c2)c1Cl. The number of carbonyl (C=O) groups excluding carboxylic acids is 1. The number of phenols is 1. The molecule has 1 unspecified atom stereocenters. The molecule has 1 atom stereocenters. The van der Waals surface area contributed by atoms with E-state index in [1.165, 1.54) is 0 Å². The molecule has 0 aliphatic carbocycles. The summed E-state index contributed by atoms with van der Waals surface area (Å²) in [5.41, 5.74) is 2.25. The second kappa shape index (κ2) is 7.48. The summed E-state index contributed by atoms with van der Waals surface area (Å²) >= 11 is 6.31. The van der Waals surface area contributed by atoms with E-state index in [2.05, 4.69) is 5.10 Å². The summed E-state index contributed by atoms with van der Waals surface area (Å²) in [7, 11) is 1.76. The monoisotopic (exact) mass is 361 g/mol. The molecule has 25 heavy (non-hydrogen) atoms. The summed E-state index contributed by atoms with van der Waals surface area (Å²) in [5.74, 6) is 0.250. The highest BCUT2D eigenvalue weighted by atomic mass is 35.5. The third-order valence-corrected chi connectivity index (χ3v) is 5.37. The minimum Gasteiger partial charge on any atom is -0.508 e. The highest BCUT2D eigenvalue weighted by Crippen LogP contribution is 2.27. The van der Waals surface area contributed by atoms with E-state index >= 15 is 0 Å². The molecule has 0 bridgehead atoms. The molecule has 1 aromatic carbocycles. The summed E-state index contributed by atoms with van der Waals surface area (Å²) in [6.45, 7) is 2.57. The van der Waals surface area contributed by atoms with Crippen LogP contribution in [-0.4, -0.2) is 38.3 Å². The molecule has 6 heteroatoms. The van der Waals surface area contributed by atoms with E-state index in [-0.39, 0.29) is 17.7 Å². The van der Waals surface area contributed by atoms with Crippen molar-refractivity contribution in [3.63, 3.8) is 0 Å². The first-order valence-electron chi connectivity index (χ1n) is 8.75. The molecule has 1 amide bonds. The molecule has 1 aliphatic rings. The summed E-state index contributed by atoms with van der Waals surface area (Å²) < 4.78 is 1.58. The van der Waals surface area contributed by atoms with E-state index in [0.717, 1.165) is 44.2 Å². The van der Waals surface area contributed by atoms with Gasteiger partial charge in [0.05, 0.1) is 10.7 Å². The zero-order chi connectivity index (χ0) is 18.0. The quantitative estimate of drug-likeness (QED) is 0.903. The highest BCUT2D eigenvalue weighted by Gasteiger charge is 2.31. The van der Waals surface area contributed by atoms with Crippen LogP contribution in [-0.2, 0) is 13.5 Å². The van der Waals surface area contributed by atoms with Gasteiger partial charge in [0.1, 0.15) is 11.4 Å². The predicted octanol–water partition coefficient (Wildman–Crippen LogP) is 3.72. The first-order valence-corrected chi connectivity index (χ1v) is 9.13. The molecule has 1 aromatic heterocycles. The minimum absolute atomic E-state index is 0.0336. The number of likely N-dealkylation sites (tertiary alicyclic amines) is 1. The van der Waals surface area contributed by atoms with E-state index < -0.39 is 0 Å². The molecule has 134 valence electrons. The number of rotatable bonds is 4. The maximum Gasteiger partial charge on any atom is 0.273 e. The van der Waals surface area contributed by atoms with Crippen molar-refractivity contribution in [3.8, 4) is 5.75 Å². The van der Waals surface area contributed by atoms with Crippen LogP contribution in [0.15, 0.2) is 24.3 Å². The lowest BCUT2D eigenvalue weighted by atomic mass is 9.95. The van der Waals surface area contributed by atoms with Crippen LogP contribution in [0.1, 0.15) is 47.4 Å². The van der Waals surface area contributed by atoms with Crippen molar-refractivity contribution < 1.29 is 9.90 Å². The third-order valence-electron chi connectivity index (χ3n) is 4.92. The van der Waals surface area contributed by atoms with Gasteiger partial charge in [0.25, 0.3) is 5.91 Å². The van der Waals surface area contributed by atoms with Crippen molar-refractivity contribution in [3.05, 3.63) is 46.2 Å². The molecule has 0 spiro atoms. The largest absolute Gasteiger partial charge is 0.508 e. The van der Waals surface area contributed by atoms with Gasteiger partial charge < -0.3 is 10.0 Å². The maximum atomic E-state index is 13.1. The third kappa shape index (κ3) is 3.82. The van der Waals surface area contributed by atoms with Gasteiger partial charge in [-0.1, -0.05) is 23.7 Å². The number of aryl methyl sites for hydroxylation is 3. The van der Waals surface area contributed by atoms with E-state index in [4.69, 9.17) is 11.6 Å². The van der Waals surface area contributed by atoms with Gasteiger partial charge in [-0.25, -0.2) is 0 Å². The lowest BCUT2D eigenvalue weighted by Gasteiger charge is -2.36. The average Bonchev–Trinajstić information content (AvgIpc) is 2.85. The zero-order valence-corrected chi connectivity index (χ0v) is 15.5. The van der Waals surface area contributed by atoms with Crippen LogP contribution >= 0.6 is 11.6 Å². The Morgan fingerprint density at radius 1 is 1.40 bits per heavy atom. The van der Waals surface area contributed by atoms with Crippen molar-refractivity contribution in [2.24, 2.45) is 7.05 Å². The fourth-order valence-electron chi connectivity index (χ4n) is 3.61. The Balaban J connectivity index is 1.75. The highest BCUT2D eigenvalue weighted by molar-refractivity contribution is 6.34. The number of phenolic OH excluding ortho intramolecular Hbond substituents is 1. The van der Waals surface area contributed by atoms with Crippen LogP contribution in [0, 0.1) is 6.92 Å². The van der Waals surface area contributed by atoms with Gasteiger partial charge in [0.2, 0.25) is 0 Å². The van der Waals surface area contributed by atoms with E-state index in [1.54, 1.807) is 23.9 Å². The maximum absolute atomic E-state index is 13.1. The van der Waals surface area contributed by atoms with Crippen molar-refractivity contribution in [2.75, 3.05) is 6.54 Å². The molecule has 2 heterocycles. The Morgan fingerprint density at radius 2 is 2.20 bits per heavy atom. The van der Waals surface area contributed by atoms with Crippen LogP contribution in [0.2, 0.25) is 5.02 Å². The van der Waals surface area contributed by atoms with E-state index in [9.17, 15) is 9.90 Å². The molecule has 1 saturated heterocycles. The fraction of sp³-hybridized carbons (Fsp3) is 0.474. The molecule has 2 aromatic rings. The summed E-state index contributed by atoms with van der Waals surface area (Å²) in [4.78, 5) is 15.0. The summed E-state index contributed by atoms with van der Waals surface area (Å²) in [5, 5.41) is 14.3. The molecule has 1 aliphatic heterocycles. The van der Waals surface area contributed by atoms with Crippen LogP contribution in [0.25, 0.3) is 0 Å². The predicted molar refractivity (Wildman–Crippen MR) is 98.1 cm³/mol. The number of carbonyl (C=O) groups is 1. The van der Waals surface area contributed by atoms with Gasteiger partial charge >= 0.3 is 0 Å². The zero-order valence-electron chi connectivity index (χ0n) is 14.7. The topological polar surface area (TPSA) is 58.4 Å². The molecule has 1 fully saturated rings. The Kier molecular flexibility index (Phi) is 5.33. The Hall–Kier alpha value is -2.01. The number of hydrogen-bond acceptors (Lipinski definition) is 3. The molecule has 3 rings (SSSR count). The fourth-order valence-corrected chi connectivity index (χ4v) is 3.85. The number of nitrogens with zero attached hydrogens (tertiary/aromatic N) is 3. The number of piperidine rings is 1. The Morgan fingerprint density at radius 3 is 2.88 bits per heavy atom. The number of aromatic hydroxyl groups is 1. The van der Waals surface area contributed by atoms with Gasteiger partial charge in [-0.2, -0.15) is 5.10 Å².